The van der Waals surface area contributed by atoms with Crippen LogP contribution in [0.2, 0.25) is 0 Å². The standard InChI is InChI=1S/C18H18N6O4S/c1-19-16(26)21-17-20-12-6-7-24(9-13(12)29-17)18-23-22-14(28-18)10-4-3-5-11(8-10)15(25)27-2/h3-5,8H,6-7,9H2,1-2H3,(H2,19,20,21,26). The van der Waals surface area contributed by atoms with Crippen LogP contribution in [0.25, 0.3) is 11.5 Å². The van der Waals surface area contributed by atoms with E-state index in [1.165, 1.54) is 18.4 Å². The van der Waals surface area contributed by atoms with Crippen LogP contribution in [0, 0.1) is 0 Å². The molecule has 0 bridgehead atoms. The van der Waals surface area contributed by atoms with Crippen LogP contribution >= 0.6 is 11.3 Å². The molecule has 1 aromatic carbocycles. The smallest absolute Gasteiger partial charge is 0.337 e. The molecule has 3 heterocycles. The molecule has 1 aliphatic rings. The first-order valence-electron chi connectivity index (χ1n) is 8.82. The molecule has 2 amide bonds. The van der Waals surface area contributed by atoms with E-state index in [-0.39, 0.29) is 6.03 Å². The van der Waals surface area contributed by atoms with Crippen LogP contribution in [0.5, 0.6) is 0 Å². The third-order valence-electron chi connectivity index (χ3n) is 4.39. The van der Waals surface area contributed by atoms with E-state index in [0.29, 0.717) is 47.7 Å². The van der Waals surface area contributed by atoms with E-state index < -0.39 is 5.97 Å². The van der Waals surface area contributed by atoms with E-state index in [9.17, 15) is 9.59 Å². The summed E-state index contributed by atoms with van der Waals surface area (Å²) in [4.78, 5) is 30.7. The van der Waals surface area contributed by atoms with E-state index in [0.717, 1.165) is 10.6 Å². The predicted octanol–water partition coefficient (Wildman–Crippen LogP) is 2.29. The van der Waals surface area contributed by atoms with E-state index in [1.54, 1.807) is 31.3 Å². The van der Waals surface area contributed by atoms with Crippen molar-refractivity contribution < 1.29 is 18.7 Å². The average Bonchev–Trinajstić information content (AvgIpc) is 3.39. The fourth-order valence-corrected chi connectivity index (χ4v) is 3.95. The number of carbonyl (C=O) groups is 2. The summed E-state index contributed by atoms with van der Waals surface area (Å²) < 4.78 is 10.6. The molecule has 29 heavy (non-hydrogen) atoms. The third-order valence-corrected chi connectivity index (χ3v) is 5.39. The fourth-order valence-electron chi connectivity index (χ4n) is 2.93. The number of thiazole rings is 1. The van der Waals surface area contributed by atoms with Crippen LogP contribution in [0.15, 0.2) is 28.7 Å². The first kappa shape index (κ1) is 18.9. The van der Waals surface area contributed by atoms with Gasteiger partial charge < -0.3 is 19.4 Å². The number of benzene rings is 1. The van der Waals surface area contributed by atoms with Gasteiger partial charge in [-0.05, 0) is 18.2 Å². The number of hydrogen-bond acceptors (Lipinski definition) is 9. The fraction of sp³-hybridized carbons (Fsp3) is 0.278. The minimum atomic E-state index is -0.429. The Morgan fingerprint density at radius 2 is 2.17 bits per heavy atom. The molecule has 150 valence electrons. The molecular weight excluding hydrogens is 396 g/mol. The predicted molar refractivity (Wildman–Crippen MR) is 106 cm³/mol. The molecule has 0 unspecified atom stereocenters. The first-order valence-corrected chi connectivity index (χ1v) is 9.63. The Kier molecular flexibility index (Phi) is 5.12. The van der Waals surface area contributed by atoms with Gasteiger partial charge in [0.2, 0.25) is 5.89 Å². The maximum Gasteiger partial charge on any atom is 0.337 e. The van der Waals surface area contributed by atoms with Crippen LogP contribution < -0.4 is 15.5 Å². The molecule has 0 atom stereocenters. The van der Waals surface area contributed by atoms with Gasteiger partial charge >= 0.3 is 18.0 Å². The van der Waals surface area contributed by atoms with Gasteiger partial charge in [0, 0.05) is 30.5 Å². The number of carbonyl (C=O) groups excluding carboxylic acids is 2. The van der Waals surface area contributed by atoms with Crippen molar-refractivity contribution in [2.75, 3.05) is 30.9 Å². The van der Waals surface area contributed by atoms with Crippen molar-refractivity contribution in [1.82, 2.24) is 20.5 Å². The summed E-state index contributed by atoms with van der Waals surface area (Å²) in [6, 6.07) is 6.92. The van der Waals surface area contributed by atoms with Gasteiger partial charge in [0.15, 0.2) is 5.13 Å². The van der Waals surface area contributed by atoms with Crippen LogP contribution in [0.3, 0.4) is 0 Å². The van der Waals surface area contributed by atoms with Crippen molar-refractivity contribution in [2.24, 2.45) is 0 Å². The normalized spacial score (nSPS) is 13.0. The Balaban J connectivity index is 1.51. The molecule has 0 aliphatic carbocycles. The second-order valence-electron chi connectivity index (χ2n) is 6.23. The molecule has 0 fully saturated rings. The lowest BCUT2D eigenvalue weighted by atomic mass is 10.1. The van der Waals surface area contributed by atoms with Crippen LogP contribution in [-0.4, -0.2) is 47.9 Å². The number of aromatic nitrogens is 3. The second-order valence-corrected chi connectivity index (χ2v) is 7.31. The molecular formula is C18H18N6O4S. The Morgan fingerprint density at radius 1 is 1.31 bits per heavy atom. The van der Waals surface area contributed by atoms with Gasteiger partial charge in [-0.3, -0.25) is 5.32 Å². The van der Waals surface area contributed by atoms with Crippen molar-refractivity contribution in [3.8, 4) is 11.5 Å². The van der Waals surface area contributed by atoms with Gasteiger partial charge in [-0.2, -0.15) is 0 Å². The van der Waals surface area contributed by atoms with Gasteiger partial charge in [0.05, 0.1) is 24.9 Å². The number of esters is 1. The number of fused-ring (bicyclic) bond motifs is 1. The Hall–Kier alpha value is -3.47. The highest BCUT2D eigenvalue weighted by Crippen LogP contribution is 2.31. The summed E-state index contributed by atoms with van der Waals surface area (Å²) in [7, 11) is 2.89. The lowest BCUT2D eigenvalue weighted by Crippen LogP contribution is -2.29. The number of hydrogen-bond donors (Lipinski definition) is 2. The molecule has 4 rings (SSSR count). The van der Waals surface area contributed by atoms with E-state index in [4.69, 9.17) is 9.15 Å². The molecule has 3 aromatic rings. The van der Waals surface area contributed by atoms with Gasteiger partial charge in [0.25, 0.3) is 0 Å². The highest BCUT2D eigenvalue weighted by molar-refractivity contribution is 7.15. The molecule has 11 heteroatoms. The zero-order chi connectivity index (χ0) is 20.4. The van der Waals surface area contributed by atoms with Crippen LogP contribution in [-0.2, 0) is 17.7 Å². The number of nitrogens with one attached hydrogen (secondary N) is 2. The number of urea groups is 1. The maximum atomic E-state index is 11.7. The zero-order valence-corrected chi connectivity index (χ0v) is 16.6. The minimum Gasteiger partial charge on any atom is -0.465 e. The average molecular weight is 414 g/mol. The number of nitrogens with zero attached hydrogens (tertiary/aromatic N) is 4. The molecule has 0 radical (unpaired) electrons. The summed E-state index contributed by atoms with van der Waals surface area (Å²) in [5.41, 5.74) is 2.01. The topological polar surface area (TPSA) is 122 Å². The van der Waals surface area contributed by atoms with Crippen molar-refractivity contribution in [1.29, 1.82) is 0 Å². The van der Waals surface area contributed by atoms with Crippen LogP contribution in [0.4, 0.5) is 15.9 Å². The highest BCUT2D eigenvalue weighted by atomic mass is 32.1. The van der Waals surface area contributed by atoms with E-state index >= 15 is 0 Å². The molecule has 0 spiro atoms. The monoisotopic (exact) mass is 414 g/mol. The summed E-state index contributed by atoms with van der Waals surface area (Å²) in [5.74, 6) is -0.107. The maximum absolute atomic E-state index is 11.7. The summed E-state index contributed by atoms with van der Waals surface area (Å²) >= 11 is 1.42. The Labute approximate surface area is 169 Å². The third kappa shape index (κ3) is 3.90. The Morgan fingerprint density at radius 3 is 2.97 bits per heavy atom. The molecule has 10 nitrogen and oxygen atoms in total. The summed E-state index contributed by atoms with van der Waals surface area (Å²) in [5, 5.41) is 14.0. The van der Waals surface area contributed by atoms with Crippen LogP contribution in [0.1, 0.15) is 20.9 Å². The van der Waals surface area contributed by atoms with Crippen molar-refractivity contribution in [2.45, 2.75) is 13.0 Å². The SMILES string of the molecule is CNC(=O)Nc1nc2c(s1)CN(c1nnc(-c3cccc(C(=O)OC)c3)o1)CC2. The quantitative estimate of drug-likeness (QED) is 0.624. The first-order chi connectivity index (χ1) is 14.1. The molecule has 0 saturated heterocycles. The minimum absolute atomic E-state index is 0.302. The number of ether oxygens (including phenoxy) is 1. The van der Waals surface area contributed by atoms with E-state index in [1.807, 2.05) is 4.90 Å². The van der Waals surface area contributed by atoms with Crippen molar-refractivity contribution in [3.63, 3.8) is 0 Å². The number of methoxy groups -OCH3 is 1. The summed E-state index contributed by atoms with van der Waals surface area (Å²) in [6.07, 6.45) is 0.705. The van der Waals surface area contributed by atoms with Gasteiger partial charge in [-0.25, -0.2) is 14.6 Å². The van der Waals surface area contributed by atoms with Gasteiger partial charge in [0.1, 0.15) is 0 Å². The lowest BCUT2D eigenvalue weighted by molar-refractivity contribution is 0.0600. The number of rotatable bonds is 4. The number of anilines is 2. The molecule has 1 aliphatic heterocycles. The molecule has 0 saturated carbocycles. The van der Waals surface area contributed by atoms with Gasteiger partial charge in [-0.1, -0.05) is 22.5 Å². The Bertz CT molecular complexity index is 1060. The molecule has 2 N–H and O–H groups in total. The number of amides is 2. The molecule has 2 aromatic heterocycles. The van der Waals surface area contributed by atoms with Crippen molar-refractivity contribution in [3.05, 3.63) is 40.4 Å². The lowest BCUT2D eigenvalue weighted by Gasteiger charge is -2.23. The highest BCUT2D eigenvalue weighted by Gasteiger charge is 2.25. The largest absolute Gasteiger partial charge is 0.465 e. The second kappa shape index (κ2) is 7.87. The zero-order valence-electron chi connectivity index (χ0n) is 15.8. The summed E-state index contributed by atoms with van der Waals surface area (Å²) in [6.45, 7) is 1.23. The van der Waals surface area contributed by atoms with E-state index in [2.05, 4.69) is 25.8 Å². The van der Waals surface area contributed by atoms with Gasteiger partial charge in [-0.15, -0.1) is 5.10 Å². The van der Waals surface area contributed by atoms with Crippen molar-refractivity contribution >= 4 is 34.5 Å².